The lowest BCUT2D eigenvalue weighted by atomic mass is 9.89. The van der Waals surface area contributed by atoms with Crippen LogP contribution in [0, 0.1) is 9.49 Å². The van der Waals surface area contributed by atoms with Crippen molar-refractivity contribution in [2.24, 2.45) is 5.92 Å². The quantitative estimate of drug-likeness (QED) is 0.751. The first-order valence-corrected chi connectivity index (χ1v) is 8.41. The second kappa shape index (κ2) is 5.12. The molecule has 112 valence electrons. The third-order valence-corrected chi connectivity index (χ3v) is 5.35. The minimum atomic E-state index is -0.810. The zero-order valence-corrected chi connectivity index (χ0v) is 14.7. The van der Waals surface area contributed by atoms with Gasteiger partial charge in [0, 0.05) is 3.57 Å². The summed E-state index contributed by atoms with van der Waals surface area (Å²) in [5.41, 5.74) is -0.202. The van der Waals surface area contributed by atoms with Crippen LogP contribution < -0.4 is 10.2 Å². The molecule has 2 fully saturated rings. The van der Waals surface area contributed by atoms with Gasteiger partial charge in [-0.05, 0) is 73.4 Å². The van der Waals surface area contributed by atoms with Crippen LogP contribution in [0.3, 0.4) is 0 Å². The number of benzene rings is 1. The van der Waals surface area contributed by atoms with Crippen molar-refractivity contribution in [1.82, 2.24) is 5.32 Å². The summed E-state index contributed by atoms with van der Waals surface area (Å²) in [6, 6.07) is 4.95. The van der Waals surface area contributed by atoms with Crippen LogP contribution >= 0.6 is 34.2 Å². The molecule has 4 nitrogen and oxygen atoms in total. The molecule has 1 aromatic rings. The van der Waals surface area contributed by atoms with Gasteiger partial charge in [-0.1, -0.05) is 11.6 Å². The lowest BCUT2D eigenvalue weighted by Gasteiger charge is -2.43. The van der Waals surface area contributed by atoms with Gasteiger partial charge in [-0.15, -0.1) is 0 Å². The van der Waals surface area contributed by atoms with Crippen molar-refractivity contribution >= 4 is 51.7 Å². The summed E-state index contributed by atoms with van der Waals surface area (Å²) in [5.74, 6) is 0.0328. The van der Waals surface area contributed by atoms with Crippen molar-refractivity contribution in [1.29, 1.82) is 0 Å². The molecule has 6 heteroatoms. The number of nitrogens with one attached hydrogen (secondary N) is 1. The van der Waals surface area contributed by atoms with Gasteiger partial charge in [0.25, 0.3) is 5.91 Å². The fraction of sp³-hybridized carbons (Fsp3) is 0.467. The van der Waals surface area contributed by atoms with E-state index in [1.54, 1.807) is 17.9 Å². The van der Waals surface area contributed by atoms with Crippen molar-refractivity contribution in [3.63, 3.8) is 0 Å². The second-order valence-corrected chi connectivity index (χ2v) is 7.57. The zero-order valence-electron chi connectivity index (χ0n) is 11.8. The monoisotopic (exact) mass is 418 g/mol. The molecule has 3 rings (SSSR count). The first kappa shape index (κ1) is 15.1. The van der Waals surface area contributed by atoms with Crippen molar-refractivity contribution in [3.8, 4) is 0 Å². The van der Waals surface area contributed by atoms with E-state index < -0.39 is 11.6 Å². The summed E-state index contributed by atoms with van der Waals surface area (Å²) < 4.78 is 0.993. The molecule has 2 atom stereocenters. The minimum absolute atomic E-state index is 0.0693. The fourth-order valence-electron chi connectivity index (χ4n) is 2.89. The average molecular weight is 419 g/mol. The predicted molar refractivity (Wildman–Crippen MR) is 90.4 cm³/mol. The molecule has 2 amide bonds. The van der Waals surface area contributed by atoms with Crippen molar-refractivity contribution in [3.05, 3.63) is 26.8 Å². The number of piperazine rings is 1. The van der Waals surface area contributed by atoms with Crippen LogP contribution in [0.5, 0.6) is 0 Å². The van der Waals surface area contributed by atoms with Crippen LogP contribution in [0.1, 0.15) is 26.7 Å². The highest BCUT2D eigenvalue weighted by atomic mass is 127. The Labute approximate surface area is 142 Å². The van der Waals surface area contributed by atoms with E-state index in [0.29, 0.717) is 10.7 Å². The second-order valence-electron chi connectivity index (χ2n) is 5.91. The molecular formula is C15H16ClIN2O2. The number of carbonyl (C=O) groups excluding carboxylic acids is 2. The van der Waals surface area contributed by atoms with Crippen molar-refractivity contribution in [2.45, 2.75) is 38.3 Å². The van der Waals surface area contributed by atoms with E-state index in [1.807, 2.05) is 19.1 Å². The van der Waals surface area contributed by atoms with E-state index >= 15 is 0 Å². The Bertz CT molecular complexity index is 632. The van der Waals surface area contributed by atoms with E-state index in [0.717, 1.165) is 16.4 Å². The van der Waals surface area contributed by atoms with Gasteiger partial charge in [-0.2, -0.15) is 0 Å². The fourth-order valence-corrected chi connectivity index (χ4v) is 3.84. The molecule has 1 aromatic carbocycles. The smallest absolute Gasteiger partial charge is 0.253 e. The van der Waals surface area contributed by atoms with Gasteiger partial charge >= 0.3 is 0 Å². The van der Waals surface area contributed by atoms with Gasteiger partial charge in [0.1, 0.15) is 11.6 Å². The molecule has 0 spiro atoms. The van der Waals surface area contributed by atoms with Gasteiger partial charge in [0.15, 0.2) is 0 Å². The number of amides is 2. The van der Waals surface area contributed by atoms with Gasteiger partial charge in [0.05, 0.1) is 10.7 Å². The molecule has 2 unspecified atom stereocenters. The maximum atomic E-state index is 13.0. The van der Waals surface area contributed by atoms with E-state index in [2.05, 4.69) is 27.9 Å². The summed E-state index contributed by atoms with van der Waals surface area (Å²) >= 11 is 8.47. The molecule has 1 N–H and O–H groups in total. The number of nitrogens with zero attached hydrogens (tertiary/aromatic N) is 1. The highest BCUT2D eigenvalue weighted by Crippen LogP contribution is 2.43. The van der Waals surface area contributed by atoms with Crippen LogP contribution in [0.2, 0.25) is 5.02 Å². The molecule has 1 aliphatic heterocycles. The molecule has 21 heavy (non-hydrogen) atoms. The van der Waals surface area contributed by atoms with Crippen molar-refractivity contribution in [2.75, 3.05) is 4.90 Å². The Hall–Kier alpha value is -0.820. The molecule has 2 aliphatic rings. The minimum Gasteiger partial charge on any atom is -0.340 e. The number of halogens is 2. The van der Waals surface area contributed by atoms with Crippen LogP contribution in [0.15, 0.2) is 18.2 Å². The molecule has 0 bridgehead atoms. The summed E-state index contributed by atoms with van der Waals surface area (Å²) in [6.45, 7) is 3.55. The van der Waals surface area contributed by atoms with Crippen LogP contribution in [0.25, 0.3) is 0 Å². The number of rotatable bonds is 2. The van der Waals surface area contributed by atoms with Gasteiger partial charge in [-0.3, -0.25) is 14.5 Å². The highest BCUT2D eigenvalue weighted by Gasteiger charge is 2.55. The first-order valence-electron chi connectivity index (χ1n) is 6.95. The first-order chi connectivity index (χ1) is 9.84. The lowest BCUT2D eigenvalue weighted by molar-refractivity contribution is -0.138. The molecule has 1 aliphatic carbocycles. The molecule has 0 radical (unpaired) electrons. The number of hydrogen-bond acceptors (Lipinski definition) is 2. The van der Waals surface area contributed by atoms with E-state index in [9.17, 15) is 9.59 Å². The third-order valence-electron chi connectivity index (χ3n) is 4.38. The van der Waals surface area contributed by atoms with Gasteiger partial charge < -0.3 is 5.32 Å². The van der Waals surface area contributed by atoms with Crippen molar-refractivity contribution < 1.29 is 9.59 Å². The predicted octanol–water partition coefficient (Wildman–Crippen LogP) is 2.96. The Morgan fingerprint density at radius 3 is 2.62 bits per heavy atom. The summed E-state index contributed by atoms with van der Waals surface area (Å²) in [5, 5.41) is 3.41. The third kappa shape index (κ3) is 2.44. The molecule has 1 heterocycles. The Morgan fingerprint density at radius 2 is 2.05 bits per heavy atom. The highest BCUT2D eigenvalue weighted by molar-refractivity contribution is 14.1. The van der Waals surface area contributed by atoms with Gasteiger partial charge in [-0.25, -0.2) is 0 Å². The maximum absolute atomic E-state index is 13.0. The van der Waals surface area contributed by atoms with Crippen LogP contribution in [-0.4, -0.2) is 23.4 Å². The maximum Gasteiger partial charge on any atom is 0.253 e. The van der Waals surface area contributed by atoms with Crippen LogP contribution in [-0.2, 0) is 9.59 Å². The summed E-state index contributed by atoms with van der Waals surface area (Å²) in [6.07, 6.45) is 1.95. The molecule has 0 aromatic heterocycles. The van der Waals surface area contributed by atoms with E-state index in [1.165, 1.54) is 0 Å². The number of hydrogen-bond donors (Lipinski definition) is 1. The average Bonchev–Trinajstić information content (AvgIpc) is 3.24. The topological polar surface area (TPSA) is 49.4 Å². The number of carbonyl (C=O) groups is 2. The Kier molecular flexibility index (Phi) is 3.68. The standard InChI is InChI=1S/C15H16ClIN2O2/c1-8-13(20)18-15(2,9-3-4-9)14(21)19(8)12-6-5-10(17)7-11(12)16/h5-9H,3-4H2,1-2H3,(H,18,20). The molecule has 1 saturated heterocycles. The van der Waals surface area contributed by atoms with E-state index in [-0.39, 0.29) is 17.7 Å². The molecule has 1 saturated carbocycles. The summed E-state index contributed by atoms with van der Waals surface area (Å²) in [4.78, 5) is 26.8. The normalized spacial score (nSPS) is 29.5. The van der Waals surface area contributed by atoms with E-state index in [4.69, 9.17) is 11.6 Å². The zero-order chi connectivity index (χ0) is 15.4. The SMILES string of the molecule is CC1C(=O)NC(C)(C2CC2)C(=O)N1c1ccc(I)cc1Cl. The largest absolute Gasteiger partial charge is 0.340 e. The Balaban J connectivity index is 2.05. The molecular weight excluding hydrogens is 403 g/mol. The summed E-state index contributed by atoms with van der Waals surface area (Å²) in [7, 11) is 0. The Morgan fingerprint density at radius 1 is 1.38 bits per heavy atom. The van der Waals surface area contributed by atoms with Crippen LogP contribution in [0.4, 0.5) is 5.69 Å². The number of anilines is 1. The van der Waals surface area contributed by atoms with Gasteiger partial charge in [0.2, 0.25) is 5.91 Å². The lowest BCUT2D eigenvalue weighted by Crippen LogP contribution is -2.70.